The highest BCUT2D eigenvalue weighted by Gasteiger charge is 2.39. The number of carbonyl (C=O) groups excluding carboxylic acids is 1. The highest BCUT2D eigenvalue weighted by Crippen LogP contribution is 2.34. The molecule has 1 saturated carbocycles. The van der Waals surface area contributed by atoms with E-state index in [0.717, 1.165) is 12.3 Å². The van der Waals surface area contributed by atoms with Crippen LogP contribution >= 0.6 is 0 Å². The second-order valence-corrected chi connectivity index (χ2v) is 3.78. The first kappa shape index (κ1) is 8.05. The first-order chi connectivity index (χ1) is 5.81. The van der Waals surface area contributed by atoms with Gasteiger partial charge in [0.25, 0.3) is 0 Å². The average molecular weight is 169 g/mol. The van der Waals surface area contributed by atoms with Crippen molar-refractivity contribution in [1.29, 1.82) is 0 Å². The van der Waals surface area contributed by atoms with E-state index in [2.05, 4.69) is 5.32 Å². The minimum absolute atomic E-state index is 0.0229. The van der Waals surface area contributed by atoms with Crippen molar-refractivity contribution in [2.24, 2.45) is 5.92 Å². The second-order valence-electron chi connectivity index (χ2n) is 3.78. The van der Waals surface area contributed by atoms with Crippen molar-refractivity contribution in [3.05, 3.63) is 0 Å². The van der Waals surface area contributed by atoms with Crippen molar-refractivity contribution in [2.75, 3.05) is 7.11 Å². The van der Waals surface area contributed by atoms with Gasteiger partial charge in [-0.25, -0.2) is 0 Å². The van der Waals surface area contributed by atoms with E-state index in [0.29, 0.717) is 6.04 Å². The number of rotatable bonds is 1. The predicted molar refractivity (Wildman–Crippen MR) is 44.7 cm³/mol. The van der Waals surface area contributed by atoms with Gasteiger partial charge < -0.3 is 10.1 Å². The van der Waals surface area contributed by atoms with Gasteiger partial charge in [-0.05, 0) is 25.2 Å². The highest BCUT2D eigenvalue weighted by molar-refractivity contribution is 5.76. The maximum Gasteiger partial charge on any atom is 0.322 e. The Morgan fingerprint density at radius 3 is 3.00 bits per heavy atom. The molecule has 1 N–H and O–H groups in total. The molecule has 0 amide bonds. The summed E-state index contributed by atoms with van der Waals surface area (Å²) in [4.78, 5) is 11.2. The summed E-state index contributed by atoms with van der Waals surface area (Å²) >= 11 is 0. The molecular weight excluding hydrogens is 154 g/mol. The fourth-order valence-corrected chi connectivity index (χ4v) is 2.47. The number of nitrogens with one attached hydrogen (secondary N) is 1. The van der Waals surface area contributed by atoms with E-state index < -0.39 is 0 Å². The first-order valence-corrected chi connectivity index (χ1v) is 4.65. The number of methoxy groups -OCH3 is 1. The molecule has 0 bridgehead atoms. The summed E-state index contributed by atoms with van der Waals surface area (Å²) in [7, 11) is 1.46. The summed E-state index contributed by atoms with van der Waals surface area (Å²) in [5.41, 5.74) is 0. The third-order valence-corrected chi connectivity index (χ3v) is 3.10. The molecule has 0 aromatic carbocycles. The Kier molecular flexibility index (Phi) is 2.05. The fourth-order valence-electron chi connectivity index (χ4n) is 2.47. The summed E-state index contributed by atoms with van der Waals surface area (Å²) in [6.45, 7) is 0. The van der Waals surface area contributed by atoms with Gasteiger partial charge in [0.05, 0.1) is 7.11 Å². The normalized spacial score (nSPS) is 39.6. The Labute approximate surface area is 72.5 Å². The molecule has 1 saturated heterocycles. The number of esters is 1. The lowest BCUT2D eigenvalue weighted by Crippen LogP contribution is -2.35. The first-order valence-electron chi connectivity index (χ1n) is 4.65. The van der Waals surface area contributed by atoms with E-state index in [-0.39, 0.29) is 12.0 Å². The molecule has 2 aliphatic rings. The van der Waals surface area contributed by atoms with Crippen LogP contribution in [0.5, 0.6) is 0 Å². The molecule has 1 heterocycles. The lowest BCUT2D eigenvalue weighted by Gasteiger charge is -2.09. The van der Waals surface area contributed by atoms with Gasteiger partial charge in [0.1, 0.15) is 6.04 Å². The zero-order valence-electron chi connectivity index (χ0n) is 7.38. The molecule has 0 spiro atoms. The molecule has 68 valence electrons. The largest absolute Gasteiger partial charge is 0.468 e. The van der Waals surface area contributed by atoms with Crippen molar-refractivity contribution in [1.82, 2.24) is 5.32 Å². The van der Waals surface area contributed by atoms with Crippen LogP contribution in [0.1, 0.15) is 25.7 Å². The molecule has 0 aromatic rings. The Morgan fingerprint density at radius 1 is 1.50 bits per heavy atom. The van der Waals surface area contributed by atoms with Gasteiger partial charge in [-0.15, -0.1) is 0 Å². The minimum atomic E-state index is -0.0931. The van der Waals surface area contributed by atoms with Crippen LogP contribution in [0.25, 0.3) is 0 Å². The average Bonchev–Trinajstić information content (AvgIpc) is 2.60. The third-order valence-electron chi connectivity index (χ3n) is 3.10. The number of fused-ring (bicyclic) bond motifs is 1. The van der Waals surface area contributed by atoms with Gasteiger partial charge in [-0.1, -0.05) is 6.42 Å². The van der Waals surface area contributed by atoms with Crippen molar-refractivity contribution >= 4 is 5.97 Å². The maximum atomic E-state index is 11.2. The van der Waals surface area contributed by atoms with Crippen LogP contribution in [0.2, 0.25) is 0 Å². The lowest BCUT2D eigenvalue weighted by molar-refractivity contribution is -0.142. The van der Waals surface area contributed by atoms with E-state index in [1.807, 2.05) is 0 Å². The number of ether oxygens (including phenoxy) is 1. The van der Waals surface area contributed by atoms with E-state index >= 15 is 0 Å². The second kappa shape index (κ2) is 3.05. The molecule has 1 unspecified atom stereocenters. The number of hydrogen-bond donors (Lipinski definition) is 1. The summed E-state index contributed by atoms with van der Waals surface area (Å²) < 4.78 is 4.70. The van der Waals surface area contributed by atoms with Crippen LogP contribution in [-0.2, 0) is 9.53 Å². The molecular formula is C9H15NO2. The SMILES string of the molecule is COC(=O)[C@@H]1C[C@@H]2CCCC2N1. The molecule has 3 atom stereocenters. The third kappa shape index (κ3) is 1.22. The van der Waals surface area contributed by atoms with Crippen LogP contribution in [0, 0.1) is 5.92 Å². The molecule has 12 heavy (non-hydrogen) atoms. The Bertz CT molecular complexity index is 181. The highest BCUT2D eigenvalue weighted by atomic mass is 16.5. The predicted octanol–water partition coefficient (Wildman–Crippen LogP) is 0.690. The van der Waals surface area contributed by atoms with Crippen molar-refractivity contribution < 1.29 is 9.53 Å². The molecule has 2 fully saturated rings. The Morgan fingerprint density at radius 2 is 2.33 bits per heavy atom. The number of hydrogen-bond acceptors (Lipinski definition) is 3. The van der Waals surface area contributed by atoms with Crippen LogP contribution in [0.15, 0.2) is 0 Å². The van der Waals surface area contributed by atoms with Crippen LogP contribution in [-0.4, -0.2) is 25.2 Å². The summed E-state index contributed by atoms with van der Waals surface area (Å²) in [6.07, 6.45) is 4.82. The number of carbonyl (C=O) groups is 1. The standard InChI is InChI=1S/C9H15NO2/c1-12-9(11)8-5-6-3-2-4-7(6)10-8/h6-8,10H,2-5H2,1H3/t6-,7?,8-/m0/s1. The zero-order chi connectivity index (χ0) is 8.55. The molecule has 3 nitrogen and oxygen atoms in total. The van der Waals surface area contributed by atoms with Gasteiger partial charge >= 0.3 is 5.97 Å². The molecule has 3 heteroatoms. The van der Waals surface area contributed by atoms with Crippen molar-refractivity contribution in [2.45, 2.75) is 37.8 Å². The van der Waals surface area contributed by atoms with Crippen LogP contribution < -0.4 is 5.32 Å². The van der Waals surface area contributed by atoms with Crippen LogP contribution in [0.4, 0.5) is 0 Å². The van der Waals surface area contributed by atoms with Gasteiger partial charge in [-0.3, -0.25) is 4.79 Å². The summed E-state index contributed by atoms with van der Waals surface area (Å²) in [6, 6.07) is 0.569. The van der Waals surface area contributed by atoms with Gasteiger partial charge in [0.15, 0.2) is 0 Å². The molecule has 1 aliphatic heterocycles. The lowest BCUT2D eigenvalue weighted by atomic mass is 10.0. The van der Waals surface area contributed by atoms with E-state index in [4.69, 9.17) is 4.74 Å². The zero-order valence-corrected chi connectivity index (χ0v) is 7.38. The van der Waals surface area contributed by atoms with Gasteiger partial charge in [-0.2, -0.15) is 0 Å². The molecule has 0 aromatic heterocycles. The van der Waals surface area contributed by atoms with E-state index in [1.165, 1.54) is 26.4 Å². The van der Waals surface area contributed by atoms with Crippen molar-refractivity contribution in [3.63, 3.8) is 0 Å². The molecule has 2 rings (SSSR count). The Hall–Kier alpha value is -0.570. The summed E-state index contributed by atoms with van der Waals surface area (Å²) in [5, 5.41) is 3.33. The van der Waals surface area contributed by atoms with Crippen molar-refractivity contribution in [3.8, 4) is 0 Å². The topological polar surface area (TPSA) is 38.3 Å². The van der Waals surface area contributed by atoms with E-state index in [9.17, 15) is 4.79 Å². The van der Waals surface area contributed by atoms with Gasteiger partial charge in [0, 0.05) is 6.04 Å². The smallest absolute Gasteiger partial charge is 0.322 e. The molecule has 1 aliphatic carbocycles. The fraction of sp³-hybridized carbons (Fsp3) is 0.889. The van der Waals surface area contributed by atoms with Crippen LogP contribution in [0.3, 0.4) is 0 Å². The minimum Gasteiger partial charge on any atom is -0.468 e. The van der Waals surface area contributed by atoms with Gasteiger partial charge in [0.2, 0.25) is 0 Å². The Balaban J connectivity index is 1.94. The molecule has 0 radical (unpaired) electrons. The quantitative estimate of drug-likeness (QED) is 0.587. The summed E-state index contributed by atoms with van der Waals surface area (Å²) in [5.74, 6) is 0.637. The monoisotopic (exact) mass is 169 g/mol. The van der Waals surface area contributed by atoms with E-state index in [1.54, 1.807) is 0 Å². The maximum absolute atomic E-state index is 11.2.